The lowest BCUT2D eigenvalue weighted by Crippen LogP contribution is -2.53. The number of sulfonamides is 1. The quantitative estimate of drug-likeness (QED) is 0.439. The van der Waals surface area contributed by atoms with Gasteiger partial charge in [0.15, 0.2) is 0 Å². The number of carbonyl (C=O) groups excluding carboxylic acids is 2. The number of hydrogen-bond donors (Lipinski definition) is 1. The van der Waals surface area contributed by atoms with Gasteiger partial charge in [-0.2, -0.15) is 0 Å². The van der Waals surface area contributed by atoms with Gasteiger partial charge in [0.1, 0.15) is 18.3 Å². The molecule has 8 nitrogen and oxygen atoms in total. The van der Waals surface area contributed by atoms with Crippen molar-refractivity contribution in [1.29, 1.82) is 0 Å². The lowest BCUT2D eigenvalue weighted by Gasteiger charge is -2.33. The molecule has 1 N–H and O–H groups in total. The molecule has 0 unspecified atom stereocenters. The summed E-state index contributed by atoms with van der Waals surface area (Å²) in [6.45, 7) is 7.26. The van der Waals surface area contributed by atoms with E-state index < -0.39 is 28.5 Å². The van der Waals surface area contributed by atoms with Crippen LogP contribution in [0.5, 0.6) is 5.75 Å². The lowest BCUT2D eigenvalue weighted by molar-refractivity contribution is -0.140. The van der Waals surface area contributed by atoms with E-state index in [0.717, 1.165) is 28.1 Å². The molecule has 0 saturated heterocycles. The van der Waals surface area contributed by atoms with Gasteiger partial charge in [0.05, 0.1) is 19.1 Å². The summed E-state index contributed by atoms with van der Waals surface area (Å²) in [5, 5.41) is 3.25. The number of methoxy groups -OCH3 is 1. The Balaban J connectivity index is 2.51. The first-order valence-corrected chi connectivity index (χ1v) is 14.1. The third kappa shape index (κ3) is 7.86. The minimum atomic E-state index is -3.90. The molecular weight excluding hydrogens is 502 g/mol. The number of ether oxygens (including phenoxy) is 1. The Bertz CT molecular complexity index is 1170. The number of aryl methyl sites for hydroxylation is 1. The predicted molar refractivity (Wildman–Crippen MR) is 144 cm³/mol. The van der Waals surface area contributed by atoms with Crippen LogP contribution in [0, 0.1) is 6.92 Å². The Morgan fingerprint density at radius 1 is 1.11 bits per heavy atom. The Kier molecular flexibility index (Phi) is 10.6. The molecule has 0 heterocycles. The van der Waals surface area contributed by atoms with Crippen LogP contribution in [0.1, 0.15) is 44.7 Å². The Hall–Kier alpha value is -2.78. The minimum Gasteiger partial charge on any atom is -0.495 e. The van der Waals surface area contributed by atoms with Gasteiger partial charge < -0.3 is 15.0 Å². The van der Waals surface area contributed by atoms with Crippen LogP contribution in [0.2, 0.25) is 5.02 Å². The third-order valence-corrected chi connectivity index (χ3v) is 7.27. The maximum absolute atomic E-state index is 13.8. The number of halogens is 1. The fraction of sp³-hybridized carbons (Fsp3) is 0.462. The molecule has 198 valence electrons. The SMILES string of the molecule is CC[C@@H](C)NC(=O)[C@@H](CC)N(Cc1cccc(C)c1)C(=O)CN(c1cc(Cl)ccc1OC)S(C)(=O)=O. The average molecular weight is 538 g/mol. The van der Waals surface area contributed by atoms with Crippen molar-refractivity contribution in [2.45, 2.75) is 59.2 Å². The number of hydrogen-bond acceptors (Lipinski definition) is 5. The van der Waals surface area contributed by atoms with E-state index in [1.165, 1.54) is 18.1 Å². The highest BCUT2D eigenvalue weighted by atomic mass is 35.5. The van der Waals surface area contributed by atoms with Crippen LogP contribution in [0.4, 0.5) is 5.69 Å². The highest BCUT2D eigenvalue weighted by Crippen LogP contribution is 2.33. The van der Waals surface area contributed by atoms with Gasteiger partial charge in [-0.1, -0.05) is 55.3 Å². The van der Waals surface area contributed by atoms with Crippen LogP contribution < -0.4 is 14.4 Å². The van der Waals surface area contributed by atoms with E-state index in [0.29, 0.717) is 11.4 Å². The van der Waals surface area contributed by atoms with Crippen molar-refractivity contribution in [3.63, 3.8) is 0 Å². The molecular formula is C26H36ClN3O5S. The summed E-state index contributed by atoms with van der Waals surface area (Å²) in [5.41, 5.74) is 2.00. The Morgan fingerprint density at radius 3 is 2.36 bits per heavy atom. The number of amides is 2. The summed E-state index contributed by atoms with van der Waals surface area (Å²) in [5.74, 6) is -0.543. The van der Waals surface area contributed by atoms with E-state index in [1.54, 1.807) is 12.1 Å². The Labute approximate surface area is 219 Å². The second kappa shape index (κ2) is 13.0. The summed E-state index contributed by atoms with van der Waals surface area (Å²) >= 11 is 6.14. The maximum atomic E-state index is 13.8. The molecule has 0 spiro atoms. The zero-order valence-electron chi connectivity index (χ0n) is 21.7. The van der Waals surface area contributed by atoms with E-state index in [4.69, 9.17) is 16.3 Å². The molecule has 2 rings (SSSR count). The highest BCUT2D eigenvalue weighted by Gasteiger charge is 2.33. The van der Waals surface area contributed by atoms with Crippen molar-refractivity contribution in [1.82, 2.24) is 10.2 Å². The normalized spacial score (nSPS) is 13.0. The zero-order chi connectivity index (χ0) is 27.0. The van der Waals surface area contributed by atoms with E-state index >= 15 is 0 Å². The van der Waals surface area contributed by atoms with Gasteiger partial charge in [0, 0.05) is 17.6 Å². The monoisotopic (exact) mass is 537 g/mol. The van der Waals surface area contributed by atoms with Gasteiger partial charge in [0.25, 0.3) is 0 Å². The van der Waals surface area contributed by atoms with Crippen LogP contribution >= 0.6 is 11.6 Å². The number of rotatable bonds is 12. The molecule has 36 heavy (non-hydrogen) atoms. The molecule has 10 heteroatoms. The van der Waals surface area contributed by atoms with Crippen molar-refractivity contribution in [3.8, 4) is 5.75 Å². The van der Waals surface area contributed by atoms with Crippen LogP contribution in [0.25, 0.3) is 0 Å². The summed E-state index contributed by atoms with van der Waals surface area (Å²) in [6.07, 6.45) is 2.11. The molecule has 2 aromatic carbocycles. The zero-order valence-corrected chi connectivity index (χ0v) is 23.3. The second-order valence-corrected chi connectivity index (χ2v) is 11.2. The van der Waals surface area contributed by atoms with Crippen LogP contribution in [-0.2, 0) is 26.2 Å². The van der Waals surface area contributed by atoms with Gasteiger partial charge in [-0.3, -0.25) is 13.9 Å². The lowest BCUT2D eigenvalue weighted by atomic mass is 10.1. The molecule has 2 atom stereocenters. The van der Waals surface area contributed by atoms with E-state index in [9.17, 15) is 18.0 Å². The van der Waals surface area contributed by atoms with Gasteiger partial charge in [-0.15, -0.1) is 0 Å². The molecule has 0 aliphatic rings. The smallest absolute Gasteiger partial charge is 0.244 e. The number of benzene rings is 2. The first-order valence-electron chi connectivity index (χ1n) is 11.9. The molecule has 0 aromatic heterocycles. The number of carbonyl (C=O) groups is 2. The summed E-state index contributed by atoms with van der Waals surface area (Å²) < 4.78 is 31.9. The van der Waals surface area contributed by atoms with Gasteiger partial charge in [-0.05, 0) is 50.5 Å². The Morgan fingerprint density at radius 2 is 1.81 bits per heavy atom. The summed E-state index contributed by atoms with van der Waals surface area (Å²) in [4.78, 5) is 28.4. The number of nitrogens with zero attached hydrogens (tertiary/aromatic N) is 2. The van der Waals surface area contributed by atoms with E-state index in [1.807, 2.05) is 52.0 Å². The van der Waals surface area contributed by atoms with Crippen LogP contribution in [0.3, 0.4) is 0 Å². The molecule has 0 saturated carbocycles. The van der Waals surface area contributed by atoms with Crippen LogP contribution in [0.15, 0.2) is 42.5 Å². The van der Waals surface area contributed by atoms with Gasteiger partial charge in [-0.25, -0.2) is 8.42 Å². The van der Waals surface area contributed by atoms with Crippen molar-refractivity contribution >= 4 is 39.1 Å². The molecule has 0 aliphatic heterocycles. The molecule has 0 bridgehead atoms. The van der Waals surface area contributed by atoms with E-state index in [2.05, 4.69) is 5.32 Å². The fourth-order valence-electron chi connectivity index (χ4n) is 3.82. The fourth-order valence-corrected chi connectivity index (χ4v) is 4.83. The first-order chi connectivity index (χ1) is 16.9. The van der Waals surface area contributed by atoms with Crippen molar-refractivity contribution in [2.24, 2.45) is 0 Å². The maximum Gasteiger partial charge on any atom is 0.244 e. The van der Waals surface area contributed by atoms with E-state index in [-0.39, 0.29) is 29.9 Å². The number of nitrogens with one attached hydrogen (secondary N) is 1. The van der Waals surface area contributed by atoms with Crippen molar-refractivity contribution in [3.05, 3.63) is 58.6 Å². The number of anilines is 1. The molecule has 0 fully saturated rings. The summed E-state index contributed by atoms with van der Waals surface area (Å²) in [7, 11) is -2.50. The second-order valence-electron chi connectivity index (χ2n) is 8.84. The first kappa shape index (κ1) is 29.5. The van der Waals surface area contributed by atoms with Gasteiger partial charge in [0.2, 0.25) is 21.8 Å². The molecule has 0 radical (unpaired) electrons. The standard InChI is InChI=1S/C26H36ClN3O5S/c1-7-19(4)28-26(32)22(8-2)29(16-20-11-9-10-18(3)14-20)25(31)17-30(36(6,33)34)23-15-21(27)12-13-24(23)35-5/h9-15,19,22H,7-8,16-17H2,1-6H3,(H,28,32)/t19-,22-/m1/s1. The topological polar surface area (TPSA) is 96.0 Å². The summed E-state index contributed by atoms with van der Waals surface area (Å²) in [6, 6.07) is 11.3. The van der Waals surface area contributed by atoms with Gasteiger partial charge >= 0.3 is 0 Å². The molecule has 0 aliphatic carbocycles. The largest absolute Gasteiger partial charge is 0.495 e. The average Bonchev–Trinajstić information content (AvgIpc) is 2.81. The molecule has 2 aromatic rings. The van der Waals surface area contributed by atoms with Crippen LogP contribution in [-0.4, -0.2) is 57.1 Å². The third-order valence-electron chi connectivity index (χ3n) is 5.91. The minimum absolute atomic E-state index is 0.0642. The predicted octanol–water partition coefficient (Wildman–Crippen LogP) is 4.15. The molecule has 2 amide bonds. The van der Waals surface area contributed by atoms with Crippen molar-refractivity contribution < 1.29 is 22.7 Å². The van der Waals surface area contributed by atoms with Crippen molar-refractivity contribution in [2.75, 3.05) is 24.2 Å². The highest BCUT2D eigenvalue weighted by molar-refractivity contribution is 7.92.